The molecular formula is C11H8N4O2S. The van der Waals surface area contributed by atoms with Gasteiger partial charge in [0.25, 0.3) is 10.0 Å². The van der Waals surface area contributed by atoms with Crippen molar-refractivity contribution in [2.45, 2.75) is 4.90 Å². The van der Waals surface area contributed by atoms with Crippen LogP contribution in [0.3, 0.4) is 0 Å². The van der Waals surface area contributed by atoms with E-state index >= 15 is 0 Å². The van der Waals surface area contributed by atoms with Crippen molar-refractivity contribution in [3.63, 3.8) is 0 Å². The quantitative estimate of drug-likeness (QED) is 0.828. The van der Waals surface area contributed by atoms with Gasteiger partial charge in [0.15, 0.2) is 5.84 Å². The van der Waals surface area contributed by atoms with Crippen molar-refractivity contribution in [3.8, 4) is 0 Å². The molecule has 1 aliphatic rings. The van der Waals surface area contributed by atoms with E-state index in [4.69, 9.17) is 0 Å². The van der Waals surface area contributed by atoms with Gasteiger partial charge in [0, 0.05) is 30.4 Å². The number of fused-ring (bicyclic) bond motifs is 1. The van der Waals surface area contributed by atoms with Crippen LogP contribution in [0.15, 0.2) is 52.3 Å². The highest BCUT2D eigenvalue weighted by Crippen LogP contribution is 2.26. The average Bonchev–Trinajstić information content (AvgIpc) is 2.39. The maximum atomic E-state index is 12.0. The minimum Gasteiger partial charge on any atom is -0.338 e. The number of nitrogens with zero attached hydrogens (tertiary/aromatic N) is 3. The van der Waals surface area contributed by atoms with Gasteiger partial charge in [0.1, 0.15) is 4.90 Å². The highest BCUT2D eigenvalue weighted by atomic mass is 32.2. The predicted octanol–water partition coefficient (Wildman–Crippen LogP) is 1.04. The second kappa shape index (κ2) is 3.88. The number of nitrogens with one attached hydrogen (secondary N) is 1. The van der Waals surface area contributed by atoms with Crippen LogP contribution in [0.25, 0.3) is 0 Å². The molecule has 0 saturated carbocycles. The molecule has 90 valence electrons. The normalized spacial score (nSPS) is 16.3. The van der Waals surface area contributed by atoms with Crippen LogP contribution in [-0.4, -0.2) is 24.2 Å². The number of hydrogen-bond donors (Lipinski definition) is 1. The van der Waals surface area contributed by atoms with Gasteiger partial charge in [-0.1, -0.05) is 0 Å². The molecule has 0 unspecified atom stereocenters. The van der Waals surface area contributed by atoms with E-state index in [1.54, 1.807) is 30.6 Å². The molecule has 0 bridgehead atoms. The summed E-state index contributed by atoms with van der Waals surface area (Å²) in [5, 5.41) is 2.97. The lowest BCUT2D eigenvalue weighted by atomic mass is 10.2. The van der Waals surface area contributed by atoms with Gasteiger partial charge in [-0.05, 0) is 18.2 Å². The fourth-order valence-corrected chi connectivity index (χ4v) is 2.72. The Morgan fingerprint density at radius 3 is 2.50 bits per heavy atom. The first-order chi connectivity index (χ1) is 8.67. The molecule has 2 aromatic heterocycles. The molecule has 1 N–H and O–H groups in total. The van der Waals surface area contributed by atoms with Crippen LogP contribution in [0.5, 0.6) is 0 Å². The molecule has 0 radical (unpaired) electrons. The molecule has 18 heavy (non-hydrogen) atoms. The summed E-state index contributed by atoms with van der Waals surface area (Å²) in [6.45, 7) is 0. The van der Waals surface area contributed by atoms with Crippen LogP contribution in [-0.2, 0) is 10.0 Å². The minimum absolute atomic E-state index is 0.0859. The Labute approximate surface area is 103 Å². The Balaban J connectivity index is 2.16. The Morgan fingerprint density at radius 2 is 1.72 bits per heavy atom. The van der Waals surface area contributed by atoms with Crippen molar-refractivity contribution in [3.05, 3.63) is 48.5 Å². The van der Waals surface area contributed by atoms with E-state index in [0.717, 1.165) is 0 Å². The predicted molar refractivity (Wildman–Crippen MR) is 65.8 cm³/mol. The van der Waals surface area contributed by atoms with Crippen molar-refractivity contribution >= 4 is 21.5 Å². The summed E-state index contributed by atoms with van der Waals surface area (Å²) in [6, 6.07) is 4.98. The van der Waals surface area contributed by atoms with Crippen molar-refractivity contribution in [1.29, 1.82) is 0 Å². The zero-order chi connectivity index (χ0) is 12.6. The van der Waals surface area contributed by atoms with Crippen LogP contribution in [0.4, 0.5) is 5.69 Å². The number of hydrogen-bond acceptors (Lipinski definition) is 5. The first kappa shape index (κ1) is 10.8. The van der Waals surface area contributed by atoms with E-state index in [2.05, 4.69) is 19.7 Å². The topological polar surface area (TPSA) is 84.3 Å². The number of aromatic nitrogens is 2. The molecule has 0 spiro atoms. The lowest BCUT2D eigenvalue weighted by molar-refractivity contribution is 0.597. The highest BCUT2D eigenvalue weighted by molar-refractivity contribution is 7.90. The van der Waals surface area contributed by atoms with E-state index in [9.17, 15) is 8.42 Å². The van der Waals surface area contributed by atoms with Gasteiger partial charge in [-0.2, -0.15) is 8.42 Å². The second-order valence-electron chi connectivity index (χ2n) is 3.65. The van der Waals surface area contributed by atoms with Gasteiger partial charge in [-0.15, -0.1) is 4.40 Å². The SMILES string of the molecule is O=S1(=O)N=C(c2ccncc2)Nc2ccncc21. The van der Waals surface area contributed by atoms with Crippen LogP contribution < -0.4 is 5.32 Å². The summed E-state index contributed by atoms with van der Waals surface area (Å²) in [5.41, 5.74) is 1.14. The largest absolute Gasteiger partial charge is 0.338 e. The highest BCUT2D eigenvalue weighted by Gasteiger charge is 2.25. The van der Waals surface area contributed by atoms with Crippen LogP contribution in [0.1, 0.15) is 5.56 Å². The van der Waals surface area contributed by atoms with Gasteiger partial charge in [0.2, 0.25) is 0 Å². The van der Waals surface area contributed by atoms with Gasteiger partial charge in [0.05, 0.1) is 5.69 Å². The number of rotatable bonds is 1. The molecule has 7 heteroatoms. The van der Waals surface area contributed by atoms with Crippen molar-refractivity contribution < 1.29 is 8.42 Å². The lowest BCUT2D eigenvalue weighted by Crippen LogP contribution is -2.22. The third-order valence-corrected chi connectivity index (χ3v) is 3.78. The monoisotopic (exact) mass is 260 g/mol. The first-order valence-electron chi connectivity index (χ1n) is 5.13. The van der Waals surface area contributed by atoms with E-state index in [1.165, 1.54) is 12.4 Å². The fourth-order valence-electron chi connectivity index (χ4n) is 1.64. The van der Waals surface area contributed by atoms with Gasteiger partial charge in [-0.3, -0.25) is 9.97 Å². The van der Waals surface area contributed by atoms with Gasteiger partial charge in [-0.25, -0.2) is 0 Å². The lowest BCUT2D eigenvalue weighted by Gasteiger charge is -2.17. The molecule has 0 atom stereocenters. The molecule has 0 fully saturated rings. The van der Waals surface area contributed by atoms with Crippen LogP contribution in [0, 0.1) is 0 Å². The maximum absolute atomic E-state index is 12.0. The summed E-state index contributed by atoms with van der Waals surface area (Å²) in [6.07, 6.45) is 5.96. The molecular weight excluding hydrogens is 252 g/mol. The van der Waals surface area contributed by atoms with E-state index in [1.807, 2.05) is 0 Å². The second-order valence-corrected chi connectivity index (χ2v) is 5.22. The minimum atomic E-state index is -3.70. The summed E-state index contributed by atoms with van der Waals surface area (Å²) in [4.78, 5) is 7.76. The van der Waals surface area contributed by atoms with Crippen molar-refractivity contribution in [2.24, 2.45) is 4.40 Å². The van der Waals surface area contributed by atoms with Crippen molar-refractivity contribution in [1.82, 2.24) is 9.97 Å². The zero-order valence-electron chi connectivity index (χ0n) is 9.11. The van der Waals surface area contributed by atoms with E-state index < -0.39 is 10.0 Å². The van der Waals surface area contributed by atoms with E-state index in [0.29, 0.717) is 11.3 Å². The Hall–Kier alpha value is -2.28. The molecule has 0 saturated heterocycles. The molecule has 0 aromatic carbocycles. The Bertz CT molecular complexity index is 726. The summed E-state index contributed by atoms with van der Waals surface area (Å²) >= 11 is 0. The van der Waals surface area contributed by atoms with Gasteiger partial charge < -0.3 is 5.32 Å². The molecule has 3 heterocycles. The maximum Gasteiger partial charge on any atom is 0.287 e. The molecule has 6 nitrogen and oxygen atoms in total. The van der Waals surface area contributed by atoms with E-state index in [-0.39, 0.29) is 10.7 Å². The third kappa shape index (κ3) is 1.74. The molecule has 0 aliphatic carbocycles. The van der Waals surface area contributed by atoms with Gasteiger partial charge >= 0.3 is 0 Å². The Morgan fingerprint density at radius 1 is 1.00 bits per heavy atom. The summed E-state index contributed by atoms with van der Waals surface area (Å²) in [5.74, 6) is 0.288. The molecule has 0 amide bonds. The number of amidine groups is 1. The fraction of sp³-hybridized carbons (Fsp3) is 0. The molecule has 2 aromatic rings. The smallest absolute Gasteiger partial charge is 0.287 e. The number of sulfonamides is 1. The standard InChI is InChI=1S/C11H8N4O2S/c16-18(17)10-7-13-6-3-9(10)14-11(15-18)8-1-4-12-5-2-8/h1-7H,(H,14,15). The summed E-state index contributed by atoms with van der Waals surface area (Å²) in [7, 11) is -3.70. The average molecular weight is 260 g/mol. The molecule has 3 rings (SSSR count). The van der Waals surface area contributed by atoms with Crippen molar-refractivity contribution in [2.75, 3.05) is 5.32 Å². The van der Waals surface area contributed by atoms with Crippen LogP contribution in [0.2, 0.25) is 0 Å². The first-order valence-corrected chi connectivity index (χ1v) is 6.57. The zero-order valence-corrected chi connectivity index (χ0v) is 9.92. The number of anilines is 1. The Kier molecular flexibility index (Phi) is 2.34. The summed E-state index contributed by atoms with van der Waals surface area (Å²) < 4.78 is 27.7. The number of pyridine rings is 2. The van der Waals surface area contributed by atoms with Crippen LogP contribution >= 0.6 is 0 Å². The molecule has 1 aliphatic heterocycles. The third-order valence-electron chi connectivity index (χ3n) is 2.48.